The quantitative estimate of drug-likeness (QED) is 0.590. The molecular weight excluding hydrogens is 303 g/mol. The molecule has 0 bridgehead atoms. The molecule has 0 saturated heterocycles. The van der Waals surface area contributed by atoms with Gasteiger partial charge < -0.3 is 10.6 Å². The third kappa shape index (κ3) is 9.11. The van der Waals surface area contributed by atoms with Crippen LogP contribution in [0.1, 0.15) is 32.8 Å². The molecule has 0 amide bonds. The van der Waals surface area contributed by atoms with Gasteiger partial charge in [0.05, 0.1) is 6.42 Å². The van der Waals surface area contributed by atoms with Gasteiger partial charge >= 0.3 is 6.18 Å². The molecule has 130 valence electrons. The highest BCUT2D eigenvalue weighted by Crippen LogP contribution is 2.22. The van der Waals surface area contributed by atoms with Gasteiger partial charge in [0.25, 0.3) is 0 Å². The van der Waals surface area contributed by atoms with E-state index in [0.29, 0.717) is 19.0 Å². The molecule has 1 rings (SSSR count). The van der Waals surface area contributed by atoms with Crippen molar-refractivity contribution in [1.29, 1.82) is 0 Å². The van der Waals surface area contributed by atoms with Gasteiger partial charge in [0.15, 0.2) is 5.96 Å². The molecule has 3 nitrogen and oxygen atoms in total. The number of guanidine groups is 1. The van der Waals surface area contributed by atoms with Gasteiger partial charge in [-0.3, -0.25) is 4.99 Å². The van der Waals surface area contributed by atoms with E-state index in [1.165, 1.54) is 5.56 Å². The van der Waals surface area contributed by atoms with E-state index in [4.69, 9.17) is 0 Å². The molecule has 0 fully saturated rings. The Labute approximate surface area is 136 Å². The Kier molecular flexibility index (Phi) is 7.39. The van der Waals surface area contributed by atoms with E-state index in [-0.39, 0.29) is 12.0 Å². The number of halogens is 3. The summed E-state index contributed by atoms with van der Waals surface area (Å²) in [6, 6.07) is 10.1. The molecule has 23 heavy (non-hydrogen) atoms. The highest BCUT2D eigenvalue weighted by Gasteiger charge is 2.26. The molecule has 0 unspecified atom stereocenters. The first-order chi connectivity index (χ1) is 10.7. The van der Waals surface area contributed by atoms with Crippen molar-refractivity contribution in [3.05, 3.63) is 35.9 Å². The number of rotatable bonds is 7. The second kappa shape index (κ2) is 8.79. The SMILES string of the molecule is CCNC(=NCC(C)(C)Cc1ccccc1)NCCC(F)(F)F. The average Bonchev–Trinajstić information content (AvgIpc) is 2.44. The van der Waals surface area contributed by atoms with Crippen LogP contribution in [0.25, 0.3) is 0 Å². The number of benzene rings is 1. The number of nitrogens with one attached hydrogen (secondary N) is 2. The summed E-state index contributed by atoms with van der Waals surface area (Å²) in [5.41, 5.74) is 1.15. The van der Waals surface area contributed by atoms with Crippen molar-refractivity contribution >= 4 is 5.96 Å². The van der Waals surface area contributed by atoms with E-state index in [2.05, 4.69) is 41.6 Å². The molecule has 0 aliphatic carbocycles. The standard InChI is InChI=1S/C17H26F3N3/c1-4-21-15(22-11-10-17(18,19)20)23-13-16(2,3)12-14-8-6-5-7-9-14/h5-9H,4,10-13H2,1-3H3,(H2,21,22,23). The summed E-state index contributed by atoms with van der Waals surface area (Å²) in [7, 11) is 0. The van der Waals surface area contributed by atoms with E-state index in [1.54, 1.807) is 0 Å². The monoisotopic (exact) mass is 329 g/mol. The summed E-state index contributed by atoms with van der Waals surface area (Å²) in [5.74, 6) is 0.429. The van der Waals surface area contributed by atoms with Crippen LogP contribution in [-0.2, 0) is 6.42 Å². The van der Waals surface area contributed by atoms with E-state index < -0.39 is 12.6 Å². The van der Waals surface area contributed by atoms with Crippen LogP contribution >= 0.6 is 0 Å². The summed E-state index contributed by atoms with van der Waals surface area (Å²) in [6.45, 7) is 7.05. The second-order valence-corrected chi connectivity index (χ2v) is 6.31. The van der Waals surface area contributed by atoms with Crippen molar-refractivity contribution in [2.75, 3.05) is 19.6 Å². The lowest BCUT2D eigenvalue weighted by atomic mass is 9.86. The van der Waals surface area contributed by atoms with Gasteiger partial charge in [0.2, 0.25) is 0 Å². The maximum atomic E-state index is 12.2. The highest BCUT2D eigenvalue weighted by molar-refractivity contribution is 5.79. The van der Waals surface area contributed by atoms with Gasteiger partial charge in [-0.15, -0.1) is 0 Å². The fourth-order valence-corrected chi connectivity index (χ4v) is 2.16. The average molecular weight is 329 g/mol. The molecule has 0 saturated carbocycles. The summed E-state index contributed by atoms with van der Waals surface area (Å²) in [6.07, 6.45) is -4.17. The van der Waals surface area contributed by atoms with E-state index in [9.17, 15) is 13.2 Å². The molecule has 0 heterocycles. The Bertz CT molecular complexity index is 482. The zero-order valence-corrected chi connectivity index (χ0v) is 14.0. The molecule has 2 N–H and O–H groups in total. The van der Waals surface area contributed by atoms with E-state index in [0.717, 1.165) is 6.42 Å². The minimum atomic E-state index is -4.16. The number of alkyl halides is 3. The Morgan fingerprint density at radius 3 is 2.30 bits per heavy atom. The largest absolute Gasteiger partial charge is 0.390 e. The maximum Gasteiger partial charge on any atom is 0.390 e. The Balaban J connectivity index is 2.57. The first-order valence-corrected chi connectivity index (χ1v) is 7.85. The minimum absolute atomic E-state index is 0.0757. The molecule has 0 radical (unpaired) electrons. The van der Waals surface area contributed by atoms with Gasteiger partial charge in [-0.25, -0.2) is 0 Å². The summed E-state index contributed by atoms with van der Waals surface area (Å²) < 4.78 is 36.6. The molecule has 0 aliphatic heterocycles. The van der Waals surface area contributed by atoms with Crippen molar-refractivity contribution in [2.24, 2.45) is 10.4 Å². The van der Waals surface area contributed by atoms with Crippen molar-refractivity contribution in [3.63, 3.8) is 0 Å². The number of aliphatic imine (C=N–C) groups is 1. The zero-order chi connectivity index (χ0) is 17.3. The normalized spacial score (nSPS) is 13.0. The molecular formula is C17H26F3N3. The van der Waals surface area contributed by atoms with Crippen LogP contribution in [0.2, 0.25) is 0 Å². The third-order valence-electron chi connectivity index (χ3n) is 3.24. The van der Waals surface area contributed by atoms with Crippen molar-refractivity contribution < 1.29 is 13.2 Å². The fraction of sp³-hybridized carbons (Fsp3) is 0.588. The van der Waals surface area contributed by atoms with E-state index >= 15 is 0 Å². The zero-order valence-electron chi connectivity index (χ0n) is 14.0. The van der Waals surface area contributed by atoms with Crippen LogP contribution in [0.5, 0.6) is 0 Å². The maximum absolute atomic E-state index is 12.2. The van der Waals surface area contributed by atoms with Gasteiger partial charge in [-0.2, -0.15) is 13.2 Å². The fourth-order valence-electron chi connectivity index (χ4n) is 2.16. The van der Waals surface area contributed by atoms with Gasteiger partial charge in [-0.1, -0.05) is 44.2 Å². The summed E-state index contributed by atoms with van der Waals surface area (Å²) >= 11 is 0. The molecule has 0 aromatic heterocycles. The number of hydrogen-bond acceptors (Lipinski definition) is 1. The lowest BCUT2D eigenvalue weighted by Gasteiger charge is -2.23. The lowest BCUT2D eigenvalue weighted by Crippen LogP contribution is -2.39. The predicted molar refractivity (Wildman–Crippen MR) is 88.6 cm³/mol. The second-order valence-electron chi connectivity index (χ2n) is 6.31. The van der Waals surface area contributed by atoms with Crippen molar-refractivity contribution in [3.8, 4) is 0 Å². The Hall–Kier alpha value is -1.72. The minimum Gasteiger partial charge on any atom is -0.357 e. The molecule has 0 atom stereocenters. The smallest absolute Gasteiger partial charge is 0.357 e. The van der Waals surface area contributed by atoms with Crippen LogP contribution in [0.3, 0.4) is 0 Å². The number of nitrogens with zero attached hydrogens (tertiary/aromatic N) is 1. The van der Waals surface area contributed by atoms with Crippen LogP contribution in [0.4, 0.5) is 13.2 Å². The third-order valence-corrected chi connectivity index (χ3v) is 3.24. The molecule has 0 spiro atoms. The highest BCUT2D eigenvalue weighted by atomic mass is 19.4. The first kappa shape index (κ1) is 19.3. The van der Waals surface area contributed by atoms with Crippen molar-refractivity contribution in [1.82, 2.24) is 10.6 Å². The van der Waals surface area contributed by atoms with Gasteiger partial charge in [0.1, 0.15) is 0 Å². The topological polar surface area (TPSA) is 36.4 Å². The molecule has 1 aromatic rings. The lowest BCUT2D eigenvalue weighted by molar-refractivity contribution is -0.132. The Morgan fingerprint density at radius 2 is 1.74 bits per heavy atom. The predicted octanol–water partition coefficient (Wildman–Crippen LogP) is 3.76. The molecule has 6 heteroatoms. The molecule has 0 aliphatic rings. The van der Waals surface area contributed by atoms with Crippen LogP contribution in [0.15, 0.2) is 35.3 Å². The van der Waals surface area contributed by atoms with Crippen LogP contribution < -0.4 is 10.6 Å². The van der Waals surface area contributed by atoms with E-state index in [1.807, 2.05) is 25.1 Å². The Morgan fingerprint density at radius 1 is 1.09 bits per heavy atom. The van der Waals surface area contributed by atoms with Crippen molar-refractivity contribution in [2.45, 2.75) is 39.8 Å². The summed E-state index contributed by atoms with van der Waals surface area (Å²) in [4.78, 5) is 4.43. The van der Waals surface area contributed by atoms with Crippen LogP contribution in [-0.4, -0.2) is 31.8 Å². The number of hydrogen-bond donors (Lipinski definition) is 2. The first-order valence-electron chi connectivity index (χ1n) is 7.85. The van der Waals surface area contributed by atoms with Crippen LogP contribution in [0, 0.1) is 5.41 Å². The van der Waals surface area contributed by atoms with Gasteiger partial charge in [0, 0.05) is 19.6 Å². The molecule has 1 aromatic carbocycles. The summed E-state index contributed by atoms with van der Waals surface area (Å²) in [5, 5.41) is 5.71. The van der Waals surface area contributed by atoms with Gasteiger partial charge in [-0.05, 0) is 24.3 Å².